The number of nitrogens with zero attached hydrogens (tertiary/aromatic N) is 4. The van der Waals surface area contributed by atoms with E-state index in [-0.39, 0.29) is 0 Å². The molecule has 0 amide bonds. The van der Waals surface area contributed by atoms with Gasteiger partial charge in [-0.15, -0.1) is 0 Å². The molecule has 0 radical (unpaired) electrons. The van der Waals surface area contributed by atoms with E-state index < -0.39 is 0 Å². The SMILES string of the molecule is c1ccc(-c2ccc3c(c2)c2cc(-c4ccccc4)ccc2n3-c2ccc(-c3nc(-c4ccc(-c5ccc6oc7ccccc7c6c5)cc4)nc(-c4ccc5oc6ccccc6c5c4)n3)cc2-c2ccccc2)cc1. The van der Waals surface area contributed by atoms with Gasteiger partial charge in [-0.05, 0) is 124 Å². The fraction of sp³-hybridized carbons (Fsp3) is 0. The molecule has 6 nitrogen and oxygen atoms in total. The summed E-state index contributed by atoms with van der Waals surface area (Å²) in [5.74, 6) is 1.71. The molecule has 6 heteroatoms. The number of rotatable bonds is 8. The molecule has 0 N–H and O–H groups in total. The lowest BCUT2D eigenvalue weighted by atomic mass is 9.99. The summed E-state index contributed by atoms with van der Waals surface area (Å²) in [5.41, 5.74) is 18.3. The minimum atomic E-state index is 0.569. The Kier molecular flexibility index (Phi) is 9.78. The summed E-state index contributed by atoms with van der Waals surface area (Å²) in [4.78, 5) is 15.9. The number of furan rings is 2. The van der Waals surface area contributed by atoms with Crippen LogP contribution in [0, 0.1) is 0 Å². The van der Waals surface area contributed by atoms with Gasteiger partial charge in [0.2, 0.25) is 0 Å². The number of para-hydroxylation sites is 2. The predicted octanol–water partition coefficient (Wildman–Crippen LogP) is 18.4. The van der Waals surface area contributed by atoms with Gasteiger partial charge in [-0.1, -0.05) is 170 Å². The van der Waals surface area contributed by atoms with Gasteiger partial charge < -0.3 is 13.4 Å². The van der Waals surface area contributed by atoms with Crippen molar-refractivity contribution in [3.05, 3.63) is 255 Å². The third kappa shape index (κ3) is 7.30. The fourth-order valence-electron chi connectivity index (χ4n) is 11.0. The zero-order valence-corrected chi connectivity index (χ0v) is 40.4. The van der Waals surface area contributed by atoms with Crippen LogP contribution in [0.2, 0.25) is 0 Å². The van der Waals surface area contributed by atoms with Crippen molar-refractivity contribution in [3.8, 4) is 84.4 Å². The Morgan fingerprint density at radius 1 is 0.240 bits per heavy atom. The zero-order valence-electron chi connectivity index (χ0n) is 40.4. The maximum atomic E-state index is 6.26. The van der Waals surface area contributed by atoms with Gasteiger partial charge in [0.15, 0.2) is 17.5 Å². The molecule has 0 saturated heterocycles. The van der Waals surface area contributed by atoms with Crippen molar-refractivity contribution in [3.63, 3.8) is 0 Å². The number of benzene rings is 11. The van der Waals surface area contributed by atoms with Crippen molar-refractivity contribution in [2.45, 2.75) is 0 Å². The van der Waals surface area contributed by atoms with Crippen LogP contribution >= 0.6 is 0 Å². The van der Waals surface area contributed by atoms with E-state index >= 15 is 0 Å². The van der Waals surface area contributed by atoms with Gasteiger partial charge in [-0.25, -0.2) is 15.0 Å². The van der Waals surface area contributed by atoms with Gasteiger partial charge in [-0.2, -0.15) is 0 Å². The van der Waals surface area contributed by atoms with Crippen LogP contribution in [0.3, 0.4) is 0 Å². The van der Waals surface area contributed by atoms with Crippen LogP contribution in [0.4, 0.5) is 0 Å². The molecule has 4 heterocycles. The number of hydrogen-bond donors (Lipinski definition) is 0. The summed E-state index contributed by atoms with van der Waals surface area (Å²) in [5, 5.41) is 6.61. The highest BCUT2D eigenvalue weighted by molar-refractivity contribution is 6.12. The smallest absolute Gasteiger partial charge is 0.164 e. The van der Waals surface area contributed by atoms with Crippen molar-refractivity contribution in [1.82, 2.24) is 19.5 Å². The molecule has 0 unspecified atom stereocenters. The minimum Gasteiger partial charge on any atom is -0.456 e. The predicted molar refractivity (Wildman–Crippen MR) is 307 cm³/mol. The molecule has 11 aromatic carbocycles. The summed E-state index contributed by atoms with van der Waals surface area (Å²) in [6, 6.07) is 89.6. The summed E-state index contributed by atoms with van der Waals surface area (Å²) in [6.45, 7) is 0. The first-order chi connectivity index (χ1) is 37.1. The first-order valence-electron chi connectivity index (χ1n) is 25.2. The summed E-state index contributed by atoms with van der Waals surface area (Å²) >= 11 is 0. The lowest BCUT2D eigenvalue weighted by molar-refractivity contribution is 0.668. The maximum absolute atomic E-state index is 6.26. The molecule has 0 saturated carbocycles. The molecule has 0 atom stereocenters. The Morgan fingerprint density at radius 3 is 1.15 bits per heavy atom. The van der Waals surface area contributed by atoms with Gasteiger partial charge in [0.05, 0.1) is 16.7 Å². The lowest BCUT2D eigenvalue weighted by Crippen LogP contribution is -2.02. The highest BCUT2D eigenvalue weighted by Gasteiger charge is 2.21. The largest absolute Gasteiger partial charge is 0.456 e. The van der Waals surface area contributed by atoms with E-state index in [1.54, 1.807) is 0 Å². The standard InChI is InChI=1S/C69H42N4O2/c1-4-14-43(15-5-1)48-28-33-61-56(38-48)57-39-49(44-16-6-2-7-17-44)29-34-62(57)73(61)60-35-30-51(41-55(60)46-18-8-3-9-19-46)68-70-67(71-69(72-68)52-32-37-66-59(42-52)54-21-11-13-23-64(54)75-66)47-26-24-45(25-27-47)50-31-36-65-58(40-50)53-20-10-12-22-63(53)74-65/h1-42H. The van der Waals surface area contributed by atoms with Crippen LogP contribution in [0.15, 0.2) is 264 Å². The second-order valence-electron chi connectivity index (χ2n) is 19.1. The maximum Gasteiger partial charge on any atom is 0.164 e. The van der Waals surface area contributed by atoms with E-state index in [0.29, 0.717) is 17.5 Å². The molecular formula is C69H42N4O2. The summed E-state index contributed by atoms with van der Waals surface area (Å²) in [7, 11) is 0. The number of fused-ring (bicyclic) bond motifs is 9. The third-order valence-electron chi connectivity index (χ3n) is 14.7. The first-order valence-corrected chi connectivity index (χ1v) is 25.2. The molecule has 350 valence electrons. The van der Waals surface area contributed by atoms with E-state index in [1.807, 2.05) is 42.5 Å². The molecule has 75 heavy (non-hydrogen) atoms. The van der Waals surface area contributed by atoms with Crippen LogP contribution < -0.4 is 0 Å². The zero-order chi connectivity index (χ0) is 49.4. The minimum absolute atomic E-state index is 0.569. The van der Waals surface area contributed by atoms with Crippen molar-refractivity contribution < 1.29 is 8.83 Å². The van der Waals surface area contributed by atoms with Gasteiger partial charge in [0.1, 0.15) is 22.3 Å². The molecule has 0 fully saturated rings. The Morgan fingerprint density at radius 2 is 0.600 bits per heavy atom. The molecule has 0 spiro atoms. The molecule has 4 aromatic heterocycles. The monoisotopic (exact) mass is 958 g/mol. The van der Waals surface area contributed by atoms with E-state index in [2.05, 4.69) is 217 Å². The third-order valence-corrected chi connectivity index (χ3v) is 14.7. The second kappa shape index (κ2) is 17.3. The average Bonchev–Trinajstić information content (AvgIpc) is 4.19. The Balaban J connectivity index is 0.906. The summed E-state index contributed by atoms with van der Waals surface area (Å²) in [6.07, 6.45) is 0. The van der Waals surface area contributed by atoms with Gasteiger partial charge in [0, 0.05) is 54.6 Å². The van der Waals surface area contributed by atoms with Crippen LogP contribution in [0.1, 0.15) is 0 Å². The molecule has 0 aliphatic carbocycles. The molecule has 15 rings (SSSR count). The number of aromatic nitrogens is 4. The quantitative estimate of drug-likeness (QED) is 0.152. The number of hydrogen-bond acceptors (Lipinski definition) is 5. The Hall–Kier alpha value is -10.2. The van der Waals surface area contributed by atoms with E-state index in [0.717, 1.165) is 99.5 Å². The Bertz CT molecular complexity index is 4590. The highest BCUT2D eigenvalue weighted by atomic mass is 16.3. The van der Waals surface area contributed by atoms with E-state index in [9.17, 15) is 0 Å². The van der Waals surface area contributed by atoms with Crippen molar-refractivity contribution in [2.75, 3.05) is 0 Å². The van der Waals surface area contributed by atoms with E-state index in [4.69, 9.17) is 23.8 Å². The van der Waals surface area contributed by atoms with Crippen molar-refractivity contribution in [2.24, 2.45) is 0 Å². The van der Waals surface area contributed by atoms with Crippen LogP contribution in [-0.4, -0.2) is 19.5 Å². The van der Waals surface area contributed by atoms with Crippen LogP contribution in [0.25, 0.3) is 150 Å². The molecule has 0 aliphatic rings. The van der Waals surface area contributed by atoms with Crippen molar-refractivity contribution in [1.29, 1.82) is 0 Å². The average molecular weight is 959 g/mol. The van der Waals surface area contributed by atoms with E-state index in [1.165, 1.54) is 33.0 Å². The topological polar surface area (TPSA) is 69.9 Å². The fourth-order valence-corrected chi connectivity index (χ4v) is 11.0. The Labute approximate surface area is 431 Å². The first kappa shape index (κ1) is 42.5. The summed E-state index contributed by atoms with van der Waals surface area (Å²) < 4.78 is 14.8. The molecule has 0 aliphatic heterocycles. The second-order valence-corrected chi connectivity index (χ2v) is 19.1. The van der Waals surface area contributed by atoms with Gasteiger partial charge in [0.25, 0.3) is 0 Å². The van der Waals surface area contributed by atoms with Gasteiger partial charge >= 0.3 is 0 Å². The van der Waals surface area contributed by atoms with Crippen LogP contribution in [-0.2, 0) is 0 Å². The highest BCUT2D eigenvalue weighted by Crippen LogP contribution is 2.42. The molecule has 15 aromatic rings. The normalized spacial score (nSPS) is 11.7. The van der Waals surface area contributed by atoms with Crippen molar-refractivity contribution >= 4 is 65.7 Å². The van der Waals surface area contributed by atoms with Crippen LogP contribution in [0.5, 0.6) is 0 Å². The molecule has 0 bridgehead atoms. The lowest BCUT2D eigenvalue weighted by Gasteiger charge is -2.16. The van der Waals surface area contributed by atoms with Gasteiger partial charge in [-0.3, -0.25) is 0 Å². The molecular weight excluding hydrogens is 917 g/mol.